The molecule has 2 rings (SSSR count). The average molecular weight is 352 g/mol. The number of halogens is 1. The zero-order valence-electron chi connectivity index (χ0n) is 11.3. The molecule has 0 unspecified atom stereocenters. The number of aliphatic hydroxyl groups excluding tert-OH is 1. The van der Waals surface area contributed by atoms with Crippen LogP contribution in [0.1, 0.15) is 25.0 Å². The van der Waals surface area contributed by atoms with Gasteiger partial charge in [-0.2, -0.15) is 0 Å². The Morgan fingerprint density at radius 2 is 2.00 bits per heavy atom. The summed E-state index contributed by atoms with van der Waals surface area (Å²) >= 11 is 3.26. The van der Waals surface area contributed by atoms with Crippen molar-refractivity contribution < 1.29 is 14.8 Å². The van der Waals surface area contributed by atoms with E-state index in [4.69, 9.17) is 4.74 Å². The van der Waals surface area contributed by atoms with Crippen LogP contribution in [0.15, 0.2) is 46.9 Å². The SMILES string of the molecule is CC[C@@H](O)c1ccccc1Oc1c(Br)cccc1[N+](=O)[O-]. The zero-order chi connectivity index (χ0) is 15.4. The van der Waals surface area contributed by atoms with Crippen LogP contribution < -0.4 is 4.74 Å². The molecule has 0 radical (unpaired) electrons. The number of rotatable bonds is 5. The van der Waals surface area contributed by atoms with Gasteiger partial charge < -0.3 is 9.84 Å². The summed E-state index contributed by atoms with van der Waals surface area (Å²) in [6, 6.07) is 11.6. The molecular weight excluding hydrogens is 338 g/mol. The maximum atomic E-state index is 11.1. The second-order valence-electron chi connectivity index (χ2n) is 4.41. The molecule has 1 N–H and O–H groups in total. The van der Waals surface area contributed by atoms with Crippen LogP contribution in [0.25, 0.3) is 0 Å². The molecule has 6 heteroatoms. The minimum atomic E-state index is -0.678. The highest BCUT2D eigenvalue weighted by atomic mass is 79.9. The number of para-hydroxylation sites is 2. The van der Waals surface area contributed by atoms with E-state index in [0.717, 1.165) is 0 Å². The van der Waals surface area contributed by atoms with Crippen molar-refractivity contribution in [3.8, 4) is 11.5 Å². The van der Waals surface area contributed by atoms with Crippen molar-refractivity contribution in [1.29, 1.82) is 0 Å². The molecule has 2 aromatic rings. The predicted molar refractivity (Wildman–Crippen MR) is 82.6 cm³/mol. The Hall–Kier alpha value is -1.92. The highest BCUT2D eigenvalue weighted by Gasteiger charge is 2.21. The Morgan fingerprint density at radius 3 is 2.67 bits per heavy atom. The first-order valence-electron chi connectivity index (χ1n) is 6.42. The molecule has 0 spiro atoms. The Bertz CT molecular complexity index is 660. The first-order chi connectivity index (χ1) is 10.0. The van der Waals surface area contributed by atoms with E-state index in [-0.39, 0.29) is 11.4 Å². The molecule has 0 fully saturated rings. The third-order valence-electron chi connectivity index (χ3n) is 3.02. The van der Waals surface area contributed by atoms with Crippen LogP contribution in [-0.2, 0) is 0 Å². The second-order valence-corrected chi connectivity index (χ2v) is 5.26. The fraction of sp³-hybridized carbons (Fsp3) is 0.200. The number of aliphatic hydroxyl groups is 1. The summed E-state index contributed by atoms with van der Waals surface area (Å²) in [5, 5.41) is 21.1. The van der Waals surface area contributed by atoms with E-state index >= 15 is 0 Å². The van der Waals surface area contributed by atoms with E-state index in [0.29, 0.717) is 22.2 Å². The molecule has 0 heterocycles. The third kappa shape index (κ3) is 3.40. The van der Waals surface area contributed by atoms with Crippen LogP contribution in [0.5, 0.6) is 11.5 Å². The van der Waals surface area contributed by atoms with E-state index in [2.05, 4.69) is 15.9 Å². The van der Waals surface area contributed by atoms with Crippen LogP contribution in [-0.4, -0.2) is 10.0 Å². The smallest absolute Gasteiger partial charge is 0.312 e. The van der Waals surface area contributed by atoms with Gasteiger partial charge in [-0.05, 0) is 34.5 Å². The third-order valence-corrected chi connectivity index (χ3v) is 3.64. The van der Waals surface area contributed by atoms with Gasteiger partial charge in [0.25, 0.3) is 0 Å². The number of hydrogen-bond donors (Lipinski definition) is 1. The van der Waals surface area contributed by atoms with Crippen LogP contribution >= 0.6 is 15.9 Å². The van der Waals surface area contributed by atoms with Crippen molar-refractivity contribution in [2.75, 3.05) is 0 Å². The van der Waals surface area contributed by atoms with Gasteiger partial charge in [-0.15, -0.1) is 0 Å². The maximum absolute atomic E-state index is 11.1. The molecule has 0 aliphatic carbocycles. The monoisotopic (exact) mass is 351 g/mol. The molecule has 2 aromatic carbocycles. The summed E-state index contributed by atoms with van der Waals surface area (Å²) in [7, 11) is 0. The fourth-order valence-electron chi connectivity index (χ4n) is 1.92. The lowest BCUT2D eigenvalue weighted by Gasteiger charge is -2.15. The summed E-state index contributed by atoms with van der Waals surface area (Å²) in [6.45, 7) is 1.85. The molecule has 5 nitrogen and oxygen atoms in total. The van der Waals surface area contributed by atoms with E-state index in [1.54, 1.807) is 36.4 Å². The van der Waals surface area contributed by atoms with Gasteiger partial charge >= 0.3 is 5.69 Å². The Labute approximate surface area is 130 Å². The maximum Gasteiger partial charge on any atom is 0.312 e. The van der Waals surface area contributed by atoms with Crippen LogP contribution in [0.4, 0.5) is 5.69 Å². The van der Waals surface area contributed by atoms with E-state index in [1.165, 1.54) is 6.07 Å². The van der Waals surface area contributed by atoms with Gasteiger partial charge in [0.15, 0.2) is 0 Å². The highest BCUT2D eigenvalue weighted by Crippen LogP contribution is 2.40. The molecule has 0 aliphatic rings. The lowest BCUT2D eigenvalue weighted by molar-refractivity contribution is -0.385. The Kier molecular flexibility index (Phi) is 4.93. The zero-order valence-corrected chi connectivity index (χ0v) is 12.9. The van der Waals surface area contributed by atoms with Crippen molar-refractivity contribution in [3.63, 3.8) is 0 Å². The standard InChI is InChI=1S/C15H14BrNO4/c1-2-13(18)10-6-3-4-9-14(10)21-15-11(16)7-5-8-12(15)17(19)20/h3-9,13,18H,2H2,1H3/t13-/m1/s1. The van der Waals surface area contributed by atoms with Gasteiger partial charge in [-0.3, -0.25) is 10.1 Å². The van der Waals surface area contributed by atoms with Gasteiger partial charge in [0.1, 0.15) is 5.75 Å². The molecule has 0 saturated heterocycles. The quantitative estimate of drug-likeness (QED) is 0.631. The summed E-state index contributed by atoms with van der Waals surface area (Å²) in [5.74, 6) is 0.528. The molecule has 0 bridgehead atoms. The molecule has 1 atom stereocenters. The van der Waals surface area contributed by atoms with Crippen molar-refractivity contribution >= 4 is 21.6 Å². The van der Waals surface area contributed by atoms with E-state index in [1.807, 2.05) is 6.92 Å². The normalized spacial score (nSPS) is 12.0. The molecule has 21 heavy (non-hydrogen) atoms. The van der Waals surface area contributed by atoms with E-state index < -0.39 is 11.0 Å². The summed E-state index contributed by atoms with van der Waals surface area (Å²) in [6.07, 6.45) is -0.152. The van der Waals surface area contributed by atoms with Crippen LogP contribution in [0, 0.1) is 10.1 Å². The summed E-state index contributed by atoms with van der Waals surface area (Å²) in [4.78, 5) is 10.6. The largest absolute Gasteiger partial charge is 0.449 e. The Morgan fingerprint density at radius 1 is 1.29 bits per heavy atom. The van der Waals surface area contributed by atoms with Gasteiger partial charge in [0.2, 0.25) is 5.75 Å². The second kappa shape index (κ2) is 6.69. The number of nitrogens with zero attached hydrogens (tertiary/aromatic N) is 1. The van der Waals surface area contributed by atoms with Gasteiger partial charge in [0.05, 0.1) is 15.5 Å². The predicted octanol–water partition coefficient (Wildman–Crippen LogP) is 4.59. The number of nitro groups is 1. The molecule has 110 valence electrons. The first kappa shape index (κ1) is 15.5. The number of nitro benzene ring substituents is 1. The van der Waals surface area contributed by atoms with Crippen molar-refractivity contribution in [2.45, 2.75) is 19.4 Å². The highest BCUT2D eigenvalue weighted by molar-refractivity contribution is 9.10. The summed E-state index contributed by atoms with van der Waals surface area (Å²) < 4.78 is 6.19. The van der Waals surface area contributed by atoms with Gasteiger partial charge in [-0.1, -0.05) is 31.2 Å². The molecule has 0 aliphatic heterocycles. The number of hydrogen-bond acceptors (Lipinski definition) is 4. The first-order valence-corrected chi connectivity index (χ1v) is 7.21. The van der Waals surface area contributed by atoms with Crippen molar-refractivity contribution in [2.24, 2.45) is 0 Å². The number of benzene rings is 2. The number of ether oxygens (including phenoxy) is 1. The summed E-state index contributed by atoms with van der Waals surface area (Å²) in [5.41, 5.74) is 0.468. The lowest BCUT2D eigenvalue weighted by atomic mass is 10.1. The van der Waals surface area contributed by atoms with Gasteiger partial charge in [-0.25, -0.2) is 0 Å². The Balaban J connectivity index is 2.46. The average Bonchev–Trinajstić information content (AvgIpc) is 2.48. The molecule has 0 aromatic heterocycles. The van der Waals surface area contributed by atoms with E-state index in [9.17, 15) is 15.2 Å². The molecular formula is C15H14BrNO4. The van der Waals surface area contributed by atoms with Crippen LogP contribution in [0.3, 0.4) is 0 Å². The van der Waals surface area contributed by atoms with Crippen LogP contribution in [0.2, 0.25) is 0 Å². The van der Waals surface area contributed by atoms with Gasteiger partial charge in [0, 0.05) is 11.6 Å². The molecule has 0 amide bonds. The lowest BCUT2D eigenvalue weighted by Crippen LogP contribution is -2.00. The molecule has 0 saturated carbocycles. The topological polar surface area (TPSA) is 72.6 Å². The van der Waals surface area contributed by atoms with Crippen molar-refractivity contribution in [1.82, 2.24) is 0 Å². The minimum Gasteiger partial charge on any atom is -0.449 e. The fourth-order valence-corrected chi connectivity index (χ4v) is 2.36. The van der Waals surface area contributed by atoms with Crippen molar-refractivity contribution in [3.05, 3.63) is 62.6 Å². The minimum absolute atomic E-state index is 0.123.